The molecule has 0 saturated carbocycles. The predicted octanol–water partition coefficient (Wildman–Crippen LogP) is 3.27. The Morgan fingerprint density at radius 2 is 2.22 bits per heavy atom. The van der Waals surface area contributed by atoms with Gasteiger partial charge in [-0.25, -0.2) is 4.98 Å². The molecule has 2 heterocycles. The molecule has 2 aromatic heterocycles. The van der Waals surface area contributed by atoms with Crippen molar-refractivity contribution in [1.82, 2.24) is 14.8 Å². The van der Waals surface area contributed by atoms with Crippen molar-refractivity contribution in [2.24, 2.45) is 7.05 Å². The lowest BCUT2D eigenvalue weighted by atomic mass is 10.1. The number of rotatable bonds is 5. The van der Waals surface area contributed by atoms with E-state index >= 15 is 0 Å². The molecule has 18 heavy (non-hydrogen) atoms. The summed E-state index contributed by atoms with van der Waals surface area (Å²) in [6.07, 6.45) is 5.59. The Balaban J connectivity index is 2.17. The number of unbranched alkanes of at least 4 members (excludes halogenated alkanes) is 1. The van der Waals surface area contributed by atoms with Crippen LogP contribution in [0.4, 0.5) is 5.69 Å². The van der Waals surface area contributed by atoms with Gasteiger partial charge in [0.05, 0.1) is 17.6 Å². The molecule has 0 spiro atoms. The molecule has 0 bridgehead atoms. The second kappa shape index (κ2) is 5.38. The van der Waals surface area contributed by atoms with E-state index in [0.29, 0.717) is 6.04 Å². The lowest BCUT2D eigenvalue weighted by molar-refractivity contribution is 0.645. The van der Waals surface area contributed by atoms with Gasteiger partial charge in [-0.1, -0.05) is 19.8 Å². The molecule has 0 saturated heterocycles. The number of hydrogen-bond donors (Lipinski definition) is 1. The summed E-state index contributed by atoms with van der Waals surface area (Å²) in [5.74, 6) is 0. The Labute approximate surface area is 108 Å². The quantitative estimate of drug-likeness (QED) is 0.880. The van der Waals surface area contributed by atoms with Crippen LogP contribution in [-0.2, 0) is 7.05 Å². The van der Waals surface area contributed by atoms with Gasteiger partial charge in [-0.15, -0.1) is 0 Å². The SMILES string of the molecule is CCCCC(C)Nc1cnc2c(c1)c(C)nn2C. The summed E-state index contributed by atoms with van der Waals surface area (Å²) in [7, 11) is 1.93. The molecule has 2 rings (SSSR count). The van der Waals surface area contributed by atoms with Gasteiger partial charge >= 0.3 is 0 Å². The van der Waals surface area contributed by atoms with E-state index in [1.54, 1.807) is 0 Å². The second-order valence-electron chi connectivity index (χ2n) is 4.99. The summed E-state index contributed by atoms with van der Waals surface area (Å²) >= 11 is 0. The number of nitrogens with one attached hydrogen (secondary N) is 1. The summed E-state index contributed by atoms with van der Waals surface area (Å²) in [5, 5.41) is 9.02. The Morgan fingerprint density at radius 1 is 1.44 bits per heavy atom. The molecule has 1 atom stereocenters. The molecule has 0 aromatic carbocycles. The van der Waals surface area contributed by atoms with Crippen LogP contribution >= 0.6 is 0 Å². The van der Waals surface area contributed by atoms with Crippen LogP contribution in [0.5, 0.6) is 0 Å². The van der Waals surface area contributed by atoms with E-state index in [-0.39, 0.29) is 0 Å². The van der Waals surface area contributed by atoms with Gasteiger partial charge < -0.3 is 5.32 Å². The smallest absolute Gasteiger partial charge is 0.157 e. The summed E-state index contributed by atoms with van der Waals surface area (Å²) in [5.41, 5.74) is 3.06. The van der Waals surface area contributed by atoms with Gasteiger partial charge in [-0.3, -0.25) is 4.68 Å². The van der Waals surface area contributed by atoms with E-state index in [2.05, 4.69) is 35.3 Å². The average molecular weight is 246 g/mol. The average Bonchev–Trinajstić information content (AvgIpc) is 2.62. The highest BCUT2D eigenvalue weighted by molar-refractivity contribution is 5.81. The van der Waals surface area contributed by atoms with Crippen molar-refractivity contribution < 1.29 is 0 Å². The lowest BCUT2D eigenvalue weighted by Gasteiger charge is -2.14. The predicted molar refractivity (Wildman–Crippen MR) is 75.9 cm³/mol. The first-order chi connectivity index (χ1) is 8.61. The fourth-order valence-corrected chi connectivity index (χ4v) is 2.25. The van der Waals surface area contributed by atoms with Crippen LogP contribution in [0.1, 0.15) is 38.8 Å². The van der Waals surface area contributed by atoms with Crippen LogP contribution in [0, 0.1) is 6.92 Å². The molecule has 0 radical (unpaired) electrons. The number of anilines is 1. The molecule has 1 unspecified atom stereocenters. The first-order valence-electron chi connectivity index (χ1n) is 6.67. The third-order valence-corrected chi connectivity index (χ3v) is 3.27. The molecular formula is C14H22N4. The number of hydrogen-bond acceptors (Lipinski definition) is 3. The van der Waals surface area contributed by atoms with E-state index in [1.807, 2.05) is 24.9 Å². The fraction of sp³-hybridized carbons (Fsp3) is 0.571. The van der Waals surface area contributed by atoms with Crippen molar-refractivity contribution in [2.45, 2.75) is 46.1 Å². The molecule has 4 nitrogen and oxygen atoms in total. The Morgan fingerprint density at radius 3 is 2.94 bits per heavy atom. The fourth-order valence-electron chi connectivity index (χ4n) is 2.25. The molecule has 0 aliphatic carbocycles. The number of pyridine rings is 1. The van der Waals surface area contributed by atoms with Crippen LogP contribution in [0.3, 0.4) is 0 Å². The van der Waals surface area contributed by atoms with E-state index in [1.165, 1.54) is 19.3 Å². The Kier molecular flexibility index (Phi) is 3.84. The molecular weight excluding hydrogens is 224 g/mol. The maximum Gasteiger partial charge on any atom is 0.157 e. The molecule has 98 valence electrons. The zero-order valence-corrected chi connectivity index (χ0v) is 11.7. The summed E-state index contributed by atoms with van der Waals surface area (Å²) in [6, 6.07) is 2.63. The summed E-state index contributed by atoms with van der Waals surface area (Å²) in [6.45, 7) is 6.46. The molecule has 0 amide bonds. The van der Waals surface area contributed by atoms with Gasteiger partial charge in [-0.2, -0.15) is 5.10 Å². The van der Waals surface area contributed by atoms with E-state index in [4.69, 9.17) is 0 Å². The van der Waals surface area contributed by atoms with Gasteiger partial charge in [0.1, 0.15) is 0 Å². The first-order valence-corrected chi connectivity index (χ1v) is 6.67. The van der Waals surface area contributed by atoms with Crippen molar-refractivity contribution in [3.8, 4) is 0 Å². The number of nitrogens with zero attached hydrogens (tertiary/aromatic N) is 3. The highest BCUT2D eigenvalue weighted by Crippen LogP contribution is 2.20. The summed E-state index contributed by atoms with van der Waals surface area (Å²) < 4.78 is 1.83. The van der Waals surface area contributed by atoms with Gasteiger partial charge in [0.2, 0.25) is 0 Å². The van der Waals surface area contributed by atoms with E-state index < -0.39 is 0 Å². The summed E-state index contributed by atoms with van der Waals surface area (Å²) in [4.78, 5) is 4.47. The molecule has 0 fully saturated rings. The largest absolute Gasteiger partial charge is 0.381 e. The third kappa shape index (κ3) is 2.63. The standard InChI is InChI=1S/C14H22N4/c1-5-6-7-10(2)16-12-8-13-11(3)17-18(4)14(13)15-9-12/h8-10,16H,5-7H2,1-4H3. The minimum Gasteiger partial charge on any atom is -0.381 e. The van der Waals surface area contributed by atoms with Gasteiger partial charge in [-0.05, 0) is 26.3 Å². The van der Waals surface area contributed by atoms with Crippen LogP contribution in [0.15, 0.2) is 12.3 Å². The number of aryl methyl sites for hydroxylation is 2. The molecule has 2 aromatic rings. The maximum absolute atomic E-state index is 4.47. The molecule has 4 heteroatoms. The van der Waals surface area contributed by atoms with Gasteiger partial charge in [0, 0.05) is 18.5 Å². The lowest BCUT2D eigenvalue weighted by Crippen LogP contribution is -2.14. The second-order valence-corrected chi connectivity index (χ2v) is 4.99. The van der Waals surface area contributed by atoms with Crippen molar-refractivity contribution in [3.63, 3.8) is 0 Å². The molecule has 1 N–H and O–H groups in total. The van der Waals surface area contributed by atoms with Gasteiger partial charge in [0.25, 0.3) is 0 Å². The highest BCUT2D eigenvalue weighted by Gasteiger charge is 2.08. The van der Waals surface area contributed by atoms with E-state index in [9.17, 15) is 0 Å². The van der Waals surface area contributed by atoms with Crippen LogP contribution in [0.25, 0.3) is 11.0 Å². The van der Waals surface area contributed by atoms with Crippen LogP contribution in [0.2, 0.25) is 0 Å². The van der Waals surface area contributed by atoms with Crippen LogP contribution < -0.4 is 5.32 Å². The van der Waals surface area contributed by atoms with Crippen molar-refractivity contribution in [3.05, 3.63) is 18.0 Å². The third-order valence-electron chi connectivity index (χ3n) is 3.27. The minimum absolute atomic E-state index is 0.487. The first kappa shape index (κ1) is 12.9. The Bertz CT molecular complexity index is 530. The van der Waals surface area contributed by atoms with Crippen LogP contribution in [-0.4, -0.2) is 20.8 Å². The monoisotopic (exact) mass is 246 g/mol. The molecule has 0 aliphatic heterocycles. The van der Waals surface area contributed by atoms with Crippen molar-refractivity contribution in [1.29, 1.82) is 0 Å². The zero-order valence-electron chi connectivity index (χ0n) is 11.7. The number of fused-ring (bicyclic) bond motifs is 1. The normalized spacial score (nSPS) is 12.9. The minimum atomic E-state index is 0.487. The van der Waals surface area contributed by atoms with Crippen molar-refractivity contribution >= 4 is 16.7 Å². The highest BCUT2D eigenvalue weighted by atomic mass is 15.3. The van der Waals surface area contributed by atoms with Crippen molar-refractivity contribution in [2.75, 3.05) is 5.32 Å². The number of aromatic nitrogens is 3. The zero-order chi connectivity index (χ0) is 13.1. The molecule has 0 aliphatic rings. The van der Waals surface area contributed by atoms with E-state index in [0.717, 1.165) is 22.4 Å². The van der Waals surface area contributed by atoms with Gasteiger partial charge in [0.15, 0.2) is 5.65 Å². The topological polar surface area (TPSA) is 42.7 Å². The maximum atomic E-state index is 4.47. The Hall–Kier alpha value is -1.58.